The predicted octanol–water partition coefficient (Wildman–Crippen LogP) is 3.38. The van der Waals surface area contributed by atoms with E-state index in [4.69, 9.17) is 21.1 Å². The summed E-state index contributed by atoms with van der Waals surface area (Å²) in [5.41, 5.74) is -0.0123. The highest BCUT2D eigenvalue weighted by atomic mass is 35.5. The fourth-order valence-electron chi connectivity index (χ4n) is 2.95. The summed E-state index contributed by atoms with van der Waals surface area (Å²) in [7, 11) is 0. The van der Waals surface area contributed by atoms with Crippen molar-refractivity contribution in [3.8, 4) is 17.7 Å². The summed E-state index contributed by atoms with van der Waals surface area (Å²) in [5, 5.41) is 20.5. The lowest BCUT2D eigenvalue weighted by atomic mass is 10.0. The van der Waals surface area contributed by atoms with Crippen LogP contribution in [0.2, 0.25) is 5.02 Å². The minimum Gasteiger partial charge on any atom is -0.494 e. The Morgan fingerprint density at radius 2 is 2.07 bits per heavy atom. The van der Waals surface area contributed by atoms with E-state index in [0.29, 0.717) is 30.4 Å². The molecule has 1 aromatic heterocycles. The summed E-state index contributed by atoms with van der Waals surface area (Å²) < 4.78 is 11.8. The van der Waals surface area contributed by atoms with Gasteiger partial charge in [0.15, 0.2) is 6.61 Å². The molecule has 0 radical (unpaired) electrons. The lowest BCUT2D eigenvalue weighted by Crippen LogP contribution is -2.28. The van der Waals surface area contributed by atoms with Crippen LogP contribution in [0.5, 0.6) is 11.6 Å². The Balaban J connectivity index is 2.33. The van der Waals surface area contributed by atoms with E-state index in [1.165, 1.54) is 6.92 Å². The number of nitriles is 1. The number of rotatable bonds is 9. The van der Waals surface area contributed by atoms with Crippen LogP contribution in [0.3, 0.4) is 0 Å². The Kier molecular flexibility index (Phi) is 7.82. The topological polar surface area (TPSA) is 102 Å². The number of hydrogen-bond acceptors (Lipinski definition) is 6. The number of aromatic nitrogens is 1. The van der Waals surface area contributed by atoms with Gasteiger partial charge in [0.1, 0.15) is 17.4 Å². The number of benzene rings is 1. The van der Waals surface area contributed by atoms with Crippen LogP contribution in [0.4, 0.5) is 0 Å². The molecule has 154 valence electrons. The molecule has 0 saturated carbocycles. The Bertz CT molecular complexity index is 1010. The van der Waals surface area contributed by atoms with Gasteiger partial charge in [-0.3, -0.25) is 14.2 Å². The van der Waals surface area contributed by atoms with Gasteiger partial charge in [-0.25, -0.2) is 0 Å². The van der Waals surface area contributed by atoms with Crippen molar-refractivity contribution in [1.82, 2.24) is 4.57 Å². The van der Waals surface area contributed by atoms with Crippen molar-refractivity contribution in [1.29, 1.82) is 5.26 Å². The number of ether oxygens (including phenoxy) is 2. The molecule has 2 rings (SSSR count). The monoisotopic (exact) mass is 418 g/mol. The largest absolute Gasteiger partial charge is 0.494 e. The van der Waals surface area contributed by atoms with E-state index < -0.39 is 17.2 Å². The predicted molar refractivity (Wildman–Crippen MR) is 109 cm³/mol. The van der Waals surface area contributed by atoms with E-state index in [2.05, 4.69) is 0 Å². The number of halogens is 1. The molecule has 0 aliphatic carbocycles. The first-order chi connectivity index (χ1) is 13.8. The van der Waals surface area contributed by atoms with E-state index in [0.717, 1.165) is 10.1 Å². The SMILES string of the molecule is CCOCCCn1c(O)c(C(=O)COc2ccc(Cl)cc2C)c(C)c(C#N)c1=O. The molecule has 0 aliphatic rings. The number of ketones is 1. The fourth-order valence-corrected chi connectivity index (χ4v) is 3.18. The number of aryl methyl sites for hydroxylation is 1. The summed E-state index contributed by atoms with van der Waals surface area (Å²) >= 11 is 5.92. The number of carbonyl (C=O) groups excluding carboxylic acids is 1. The summed E-state index contributed by atoms with van der Waals surface area (Å²) in [4.78, 5) is 25.3. The van der Waals surface area contributed by atoms with Gasteiger partial charge in [0.05, 0.1) is 5.56 Å². The molecule has 7 nitrogen and oxygen atoms in total. The smallest absolute Gasteiger partial charge is 0.271 e. The highest BCUT2D eigenvalue weighted by Gasteiger charge is 2.24. The van der Waals surface area contributed by atoms with E-state index >= 15 is 0 Å². The van der Waals surface area contributed by atoms with Crippen LogP contribution in [0.15, 0.2) is 23.0 Å². The van der Waals surface area contributed by atoms with Crippen molar-refractivity contribution in [2.75, 3.05) is 19.8 Å². The standard InChI is InChI=1S/C21H23ClN2O5/c1-4-28-9-5-8-24-20(26)16(11-23)14(3)19(21(24)27)17(25)12-29-18-7-6-15(22)10-13(18)2/h6-7,10,27H,4-5,8-9,12H2,1-3H3. The number of Topliss-reactive ketones (excluding diaryl/α,β-unsaturated/α-hetero) is 1. The Labute approximate surface area is 174 Å². The highest BCUT2D eigenvalue weighted by Crippen LogP contribution is 2.25. The first kappa shape index (κ1) is 22.5. The molecular weight excluding hydrogens is 396 g/mol. The number of hydrogen-bond donors (Lipinski definition) is 1. The zero-order valence-corrected chi connectivity index (χ0v) is 17.4. The molecule has 0 fully saturated rings. The summed E-state index contributed by atoms with van der Waals surface area (Å²) in [6.45, 7) is 5.79. The molecule has 1 aromatic carbocycles. The van der Waals surface area contributed by atoms with Crippen LogP contribution in [-0.2, 0) is 11.3 Å². The Hall–Kier alpha value is -2.82. The number of nitrogens with zero attached hydrogens (tertiary/aromatic N) is 2. The van der Waals surface area contributed by atoms with Gasteiger partial charge in [-0.15, -0.1) is 0 Å². The first-order valence-corrected chi connectivity index (χ1v) is 9.55. The van der Waals surface area contributed by atoms with Crippen molar-refractivity contribution >= 4 is 17.4 Å². The molecule has 0 bridgehead atoms. The van der Waals surface area contributed by atoms with E-state index in [1.54, 1.807) is 25.1 Å². The van der Waals surface area contributed by atoms with Crippen LogP contribution in [0, 0.1) is 25.2 Å². The van der Waals surface area contributed by atoms with E-state index in [-0.39, 0.29) is 29.8 Å². The number of pyridine rings is 1. The fraction of sp³-hybridized carbons (Fsp3) is 0.381. The molecule has 0 aliphatic heterocycles. The van der Waals surface area contributed by atoms with Crippen LogP contribution in [-0.4, -0.2) is 35.3 Å². The molecule has 29 heavy (non-hydrogen) atoms. The van der Waals surface area contributed by atoms with Gasteiger partial charge in [-0.05, 0) is 56.5 Å². The van der Waals surface area contributed by atoms with E-state index in [1.807, 2.05) is 13.0 Å². The minimum absolute atomic E-state index is 0.0934. The molecule has 0 amide bonds. The number of aromatic hydroxyl groups is 1. The second-order valence-electron chi connectivity index (χ2n) is 6.44. The zero-order chi connectivity index (χ0) is 21.6. The average Bonchev–Trinajstić information content (AvgIpc) is 2.67. The van der Waals surface area contributed by atoms with Crippen molar-refractivity contribution < 1.29 is 19.4 Å². The molecule has 2 aromatic rings. The normalized spacial score (nSPS) is 10.6. The van der Waals surface area contributed by atoms with Gasteiger partial charge >= 0.3 is 0 Å². The quantitative estimate of drug-likeness (QED) is 0.494. The third-order valence-corrected chi connectivity index (χ3v) is 4.68. The van der Waals surface area contributed by atoms with Crippen LogP contribution < -0.4 is 10.3 Å². The second kappa shape index (κ2) is 10.1. The minimum atomic E-state index is -0.634. The zero-order valence-electron chi connectivity index (χ0n) is 16.6. The second-order valence-corrected chi connectivity index (χ2v) is 6.88. The molecule has 0 unspecified atom stereocenters. The van der Waals surface area contributed by atoms with Crippen LogP contribution in [0.1, 0.15) is 40.4 Å². The molecule has 8 heteroatoms. The maximum atomic E-state index is 12.8. The van der Waals surface area contributed by atoms with Crippen LogP contribution >= 0.6 is 11.6 Å². The molecular formula is C21H23ClN2O5. The summed E-state index contributed by atoms with van der Waals surface area (Å²) in [5.74, 6) is -0.528. The Morgan fingerprint density at radius 1 is 1.34 bits per heavy atom. The van der Waals surface area contributed by atoms with Crippen molar-refractivity contribution in [3.63, 3.8) is 0 Å². The lowest BCUT2D eigenvalue weighted by molar-refractivity contribution is 0.0915. The Morgan fingerprint density at radius 3 is 2.69 bits per heavy atom. The van der Waals surface area contributed by atoms with Gasteiger partial charge in [0.2, 0.25) is 11.7 Å². The first-order valence-electron chi connectivity index (χ1n) is 9.18. The van der Waals surface area contributed by atoms with Gasteiger partial charge in [-0.2, -0.15) is 5.26 Å². The van der Waals surface area contributed by atoms with Gasteiger partial charge in [0, 0.05) is 24.8 Å². The van der Waals surface area contributed by atoms with E-state index in [9.17, 15) is 20.0 Å². The van der Waals surface area contributed by atoms with Crippen LogP contribution in [0.25, 0.3) is 0 Å². The summed E-state index contributed by atoms with van der Waals surface area (Å²) in [6, 6.07) is 6.83. The maximum Gasteiger partial charge on any atom is 0.271 e. The van der Waals surface area contributed by atoms with Gasteiger partial charge < -0.3 is 14.6 Å². The maximum absolute atomic E-state index is 12.8. The molecule has 0 saturated heterocycles. The molecule has 1 N–H and O–H groups in total. The highest BCUT2D eigenvalue weighted by molar-refractivity contribution is 6.30. The van der Waals surface area contributed by atoms with Crippen molar-refractivity contribution in [2.45, 2.75) is 33.7 Å². The van der Waals surface area contributed by atoms with Crippen molar-refractivity contribution in [2.24, 2.45) is 0 Å². The number of carbonyl (C=O) groups is 1. The third kappa shape index (κ3) is 5.17. The van der Waals surface area contributed by atoms with Crippen molar-refractivity contribution in [3.05, 3.63) is 55.8 Å². The molecule has 1 heterocycles. The van der Waals surface area contributed by atoms with Gasteiger partial charge in [-0.1, -0.05) is 11.6 Å². The lowest BCUT2D eigenvalue weighted by Gasteiger charge is -2.16. The molecule has 0 spiro atoms. The average molecular weight is 419 g/mol. The van der Waals surface area contributed by atoms with Gasteiger partial charge in [0.25, 0.3) is 5.56 Å². The molecule has 0 atom stereocenters. The third-order valence-electron chi connectivity index (χ3n) is 4.45. The summed E-state index contributed by atoms with van der Waals surface area (Å²) in [6.07, 6.45) is 0.448.